The number of hydroxylamine groups is 1. The van der Waals surface area contributed by atoms with Crippen molar-refractivity contribution in [3.8, 4) is 5.75 Å². The summed E-state index contributed by atoms with van der Waals surface area (Å²) in [4.78, 5) is 30.4. The van der Waals surface area contributed by atoms with E-state index >= 15 is 0 Å². The Bertz CT molecular complexity index is 1110. The summed E-state index contributed by atoms with van der Waals surface area (Å²) >= 11 is 0. The van der Waals surface area contributed by atoms with Crippen LogP contribution < -0.4 is 15.1 Å². The van der Waals surface area contributed by atoms with Crippen LogP contribution in [0.5, 0.6) is 5.75 Å². The van der Waals surface area contributed by atoms with E-state index in [4.69, 9.17) is 14.4 Å². The van der Waals surface area contributed by atoms with Crippen molar-refractivity contribution in [1.82, 2.24) is 10.5 Å². The van der Waals surface area contributed by atoms with Gasteiger partial charge >= 0.3 is 0 Å². The van der Waals surface area contributed by atoms with Gasteiger partial charge in [0.15, 0.2) is 11.2 Å². The molecule has 0 fully saturated rings. The van der Waals surface area contributed by atoms with E-state index in [0.717, 1.165) is 0 Å². The Hall–Kier alpha value is -3.46. The van der Waals surface area contributed by atoms with E-state index in [1.165, 1.54) is 35.2 Å². The molecule has 0 atom stereocenters. The molecule has 1 aliphatic heterocycles. The Morgan fingerprint density at radius 2 is 2.07 bits per heavy atom. The third-order valence-electron chi connectivity index (χ3n) is 4.43. The van der Waals surface area contributed by atoms with Crippen molar-refractivity contribution in [1.29, 1.82) is 0 Å². The van der Waals surface area contributed by atoms with Gasteiger partial charge in [-0.2, -0.15) is 0 Å². The van der Waals surface area contributed by atoms with Gasteiger partial charge in [0, 0.05) is 11.6 Å². The summed E-state index contributed by atoms with van der Waals surface area (Å²) in [5, 5.41) is 8.86. The molecular formula is C19H16FN3O5. The van der Waals surface area contributed by atoms with E-state index in [2.05, 4.69) is 4.98 Å². The second-order valence-electron chi connectivity index (χ2n) is 6.85. The zero-order chi connectivity index (χ0) is 20.1. The molecule has 0 saturated heterocycles. The Morgan fingerprint density at radius 3 is 2.82 bits per heavy atom. The van der Waals surface area contributed by atoms with Gasteiger partial charge in [0.25, 0.3) is 11.8 Å². The maximum Gasteiger partial charge on any atom is 0.274 e. The van der Waals surface area contributed by atoms with Gasteiger partial charge in [-0.1, -0.05) is 0 Å². The topological polar surface area (TPSA) is 105 Å². The van der Waals surface area contributed by atoms with Gasteiger partial charge < -0.3 is 9.15 Å². The Balaban J connectivity index is 1.77. The van der Waals surface area contributed by atoms with Crippen LogP contribution in [-0.2, 0) is 11.3 Å². The lowest BCUT2D eigenvalue weighted by Crippen LogP contribution is -2.52. The molecule has 28 heavy (non-hydrogen) atoms. The van der Waals surface area contributed by atoms with Crippen molar-refractivity contribution in [3.63, 3.8) is 0 Å². The number of aromatic nitrogens is 1. The Labute approximate surface area is 158 Å². The van der Waals surface area contributed by atoms with Crippen molar-refractivity contribution in [2.45, 2.75) is 26.0 Å². The molecule has 3 aromatic rings. The van der Waals surface area contributed by atoms with E-state index < -0.39 is 17.3 Å². The molecule has 9 heteroatoms. The zero-order valence-corrected chi connectivity index (χ0v) is 15.0. The van der Waals surface area contributed by atoms with Gasteiger partial charge in [0.05, 0.1) is 5.69 Å². The second kappa shape index (κ2) is 6.31. The molecule has 0 bridgehead atoms. The maximum atomic E-state index is 13.4. The first-order valence-electron chi connectivity index (χ1n) is 8.43. The van der Waals surface area contributed by atoms with Crippen LogP contribution in [-0.4, -0.2) is 27.6 Å². The number of benzene rings is 2. The number of ether oxygens (including phenoxy) is 1. The summed E-state index contributed by atoms with van der Waals surface area (Å²) < 4.78 is 24.7. The number of hydrogen-bond acceptors (Lipinski definition) is 6. The highest BCUT2D eigenvalue weighted by molar-refractivity contribution is 6.04. The number of nitrogens with zero attached hydrogens (tertiary/aromatic N) is 2. The largest absolute Gasteiger partial charge is 0.476 e. The average molecular weight is 385 g/mol. The van der Waals surface area contributed by atoms with Gasteiger partial charge in [-0.25, -0.2) is 14.9 Å². The summed E-state index contributed by atoms with van der Waals surface area (Å²) in [6, 6.07) is 8.41. The number of carbonyl (C=O) groups is 2. The monoisotopic (exact) mass is 385 g/mol. The minimum Gasteiger partial charge on any atom is -0.476 e. The Kier molecular flexibility index (Phi) is 4.04. The molecule has 0 aliphatic carbocycles. The number of halogens is 1. The molecule has 2 N–H and O–H groups in total. The summed E-state index contributed by atoms with van der Waals surface area (Å²) in [6.07, 6.45) is 0. The van der Waals surface area contributed by atoms with E-state index in [1.807, 2.05) is 0 Å². The molecule has 1 aromatic heterocycles. The Morgan fingerprint density at radius 1 is 1.29 bits per heavy atom. The standard InChI is InChI=1S/C19H16FN3O5/c1-19(2)18(25)23(9-16-21-12-5-4-11(20)8-15(12)27-16)13-7-10(17(24)22-26)3-6-14(13)28-19/h3-8,26H,9H2,1-2H3,(H,22,24). The zero-order valence-electron chi connectivity index (χ0n) is 15.0. The van der Waals surface area contributed by atoms with E-state index in [9.17, 15) is 14.0 Å². The fourth-order valence-corrected chi connectivity index (χ4v) is 3.08. The first-order chi connectivity index (χ1) is 13.3. The molecule has 4 rings (SSSR count). The van der Waals surface area contributed by atoms with Gasteiger partial charge in [0.2, 0.25) is 5.89 Å². The number of carbonyl (C=O) groups excluding carboxylic acids is 2. The molecule has 2 aromatic carbocycles. The second-order valence-corrected chi connectivity index (χ2v) is 6.85. The van der Waals surface area contributed by atoms with Crippen molar-refractivity contribution >= 4 is 28.6 Å². The predicted octanol–water partition coefficient (Wildman–Crippen LogP) is 2.79. The number of rotatable bonds is 3. The normalized spacial score (nSPS) is 15.3. The fourth-order valence-electron chi connectivity index (χ4n) is 3.08. The van der Waals surface area contributed by atoms with Gasteiger partial charge in [-0.15, -0.1) is 0 Å². The number of oxazole rings is 1. The molecule has 0 unspecified atom stereocenters. The van der Waals surface area contributed by atoms with Gasteiger partial charge in [-0.3, -0.25) is 19.7 Å². The lowest BCUT2D eigenvalue weighted by Gasteiger charge is -2.38. The number of fused-ring (bicyclic) bond motifs is 2. The number of anilines is 1. The van der Waals surface area contributed by atoms with Crippen LogP contribution in [0.1, 0.15) is 30.1 Å². The fraction of sp³-hybridized carbons (Fsp3) is 0.211. The highest BCUT2D eigenvalue weighted by Crippen LogP contribution is 2.39. The predicted molar refractivity (Wildman–Crippen MR) is 95.6 cm³/mol. The summed E-state index contributed by atoms with van der Waals surface area (Å²) in [7, 11) is 0. The van der Waals surface area contributed by atoms with E-state index in [0.29, 0.717) is 17.0 Å². The molecular weight excluding hydrogens is 369 g/mol. The minimum atomic E-state index is -1.15. The van der Waals surface area contributed by atoms with E-state index in [-0.39, 0.29) is 29.5 Å². The quantitative estimate of drug-likeness (QED) is 0.531. The van der Waals surface area contributed by atoms with Crippen LogP contribution in [0.25, 0.3) is 11.1 Å². The number of nitrogens with one attached hydrogen (secondary N) is 1. The van der Waals surface area contributed by atoms with E-state index in [1.54, 1.807) is 25.4 Å². The lowest BCUT2D eigenvalue weighted by molar-refractivity contribution is -0.132. The molecule has 2 amide bonds. The summed E-state index contributed by atoms with van der Waals surface area (Å²) in [6.45, 7) is 3.21. The van der Waals surface area contributed by atoms with Crippen LogP contribution in [0.2, 0.25) is 0 Å². The first-order valence-corrected chi connectivity index (χ1v) is 8.43. The van der Waals surface area contributed by atoms with Crippen LogP contribution in [0.4, 0.5) is 10.1 Å². The van der Waals surface area contributed by atoms with Gasteiger partial charge in [-0.05, 0) is 44.2 Å². The molecule has 8 nitrogen and oxygen atoms in total. The van der Waals surface area contributed by atoms with Crippen LogP contribution in [0, 0.1) is 5.82 Å². The SMILES string of the molecule is CC1(C)Oc2ccc(C(=O)NO)cc2N(Cc2nc3ccc(F)cc3o2)C1=O. The van der Waals surface area contributed by atoms with Gasteiger partial charge in [0.1, 0.15) is 23.6 Å². The molecule has 0 saturated carbocycles. The number of hydrogen-bond donors (Lipinski definition) is 2. The average Bonchev–Trinajstić information content (AvgIpc) is 3.05. The van der Waals surface area contributed by atoms with Crippen molar-refractivity contribution in [2.24, 2.45) is 0 Å². The minimum absolute atomic E-state index is 0.0425. The highest BCUT2D eigenvalue weighted by atomic mass is 19.1. The molecule has 0 radical (unpaired) electrons. The van der Waals surface area contributed by atoms with Crippen LogP contribution in [0.15, 0.2) is 40.8 Å². The third kappa shape index (κ3) is 2.95. The summed E-state index contributed by atoms with van der Waals surface area (Å²) in [5.41, 5.74) is 1.61. The molecule has 144 valence electrons. The third-order valence-corrected chi connectivity index (χ3v) is 4.43. The highest BCUT2D eigenvalue weighted by Gasteiger charge is 2.41. The lowest BCUT2D eigenvalue weighted by atomic mass is 10.0. The molecule has 2 heterocycles. The first kappa shape index (κ1) is 17.9. The number of amides is 2. The van der Waals surface area contributed by atoms with Crippen molar-refractivity contribution in [2.75, 3.05) is 4.90 Å². The van der Waals surface area contributed by atoms with Crippen molar-refractivity contribution in [3.05, 3.63) is 53.7 Å². The molecule has 1 aliphatic rings. The van der Waals surface area contributed by atoms with Crippen LogP contribution in [0.3, 0.4) is 0 Å². The smallest absolute Gasteiger partial charge is 0.274 e. The maximum absolute atomic E-state index is 13.4. The van der Waals surface area contributed by atoms with Crippen molar-refractivity contribution < 1.29 is 28.3 Å². The van der Waals surface area contributed by atoms with Crippen LogP contribution >= 0.6 is 0 Å². The molecule has 0 spiro atoms. The summed E-state index contributed by atoms with van der Waals surface area (Å²) in [5.74, 6) is -0.952.